The fraction of sp³-hybridized carbons (Fsp3) is 0.750. The van der Waals surface area contributed by atoms with Crippen LogP contribution < -0.4 is 0 Å². The van der Waals surface area contributed by atoms with Crippen molar-refractivity contribution in [2.24, 2.45) is 0 Å². The van der Waals surface area contributed by atoms with Gasteiger partial charge in [-0.1, -0.05) is 291 Å². The molecule has 9 nitrogen and oxygen atoms in total. The van der Waals surface area contributed by atoms with Crippen LogP contribution in [0.4, 0.5) is 0 Å². The molecular weight excluding hydrogens is 1040 g/mol. The zero-order valence-electron chi connectivity index (χ0n) is 54.0. The number of hydrogen-bond donors (Lipinski definition) is 1. The second kappa shape index (κ2) is 62.5. The molecule has 0 bridgehead atoms. The lowest BCUT2D eigenvalue weighted by molar-refractivity contribution is -0.870. The van der Waals surface area contributed by atoms with Gasteiger partial charge in [0.15, 0.2) is 6.10 Å². The summed E-state index contributed by atoms with van der Waals surface area (Å²) in [5.41, 5.74) is 0. The van der Waals surface area contributed by atoms with E-state index in [0.717, 1.165) is 83.5 Å². The van der Waals surface area contributed by atoms with Gasteiger partial charge in [-0.05, 0) is 89.9 Å². The summed E-state index contributed by atoms with van der Waals surface area (Å²) in [6.07, 6.45) is 86.5. The summed E-state index contributed by atoms with van der Waals surface area (Å²) in [4.78, 5) is 35.9. The average molecular weight is 1170 g/mol. The van der Waals surface area contributed by atoms with Crippen LogP contribution in [0.15, 0.2) is 97.2 Å². The minimum atomic E-state index is -4.39. The van der Waals surface area contributed by atoms with Crippen LogP contribution in [0.3, 0.4) is 0 Å². The molecule has 0 aromatic rings. The van der Waals surface area contributed by atoms with Crippen LogP contribution in [-0.2, 0) is 32.7 Å². The van der Waals surface area contributed by atoms with E-state index in [-0.39, 0.29) is 32.0 Å². The second-order valence-corrected chi connectivity index (χ2v) is 25.3. The molecule has 0 radical (unpaired) electrons. The monoisotopic (exact) mass is 1170 g/mol. The highest BCUT2D eigenvalue weighted by atomic mass is 31.2. The van der Waals surface area contributed by atoms with E-state index in [1.807, 2.05) is 21.1 Å². The first kappa shape index (κ1) is 78.9. The van der Waals surface area contributed by atoms with Crippen LogP contribution in [-0.4, -0.2) is 74.9 Å². The average Bonchev–Trinajstić information content (AvgIpc) is 3.46. The maximum atomic E-state index is 12.9. The Kier molecular flexibility index (Phi) is 60.1. The molecule has 10 heteroatoms. The van der Waals surface area contributed by atoms with Crippen molar-refractivity contribution in [1.29, 1.82) is 0 Å². The van der Waals surface area contributed by atoms with Crippen molar-refractivity contribution in [3.63, 3.8) is 0 Å². The van der Waals surface area contributed by atoms with E-state index in [0.29, 0.717) is 17.4 Å². The Balaban J connectivity index is 4.03. The molecule has 0 aromatic carbocycles. The molecule has 1 N–H and O–H groups in total. The predicted molar refractivity (Wildman–Crippen MR) is 353 cm³/mol. The fourth-order valence-electron chi connectivity index (χ4n) is 9.47. The molecule has 2 unspecified atom stereocenters. The van der Waals surface area contributed by atoms with Gasteiger partial charge in [-0.3, -0.25) is 18.6 Å². The molecule has 0 amide bonds. The topological polar surface area (TPSA) is 108 Å². The van der Waals surface area contributed by atoms with Gasteiger partial charge in [-0.15, -0.1) is 0 Å². The van der Waals surface area contributed by atoms with Crippen LogP contribution in [0.2, 0.25) is 0 Å². The highest BCUT2D eigenvalue weighted by Crippen LogP contribution is 2.43. The largest absolute Gasteiger partial charge is 0.472 e. The first-order valence-electron chi connectivity index (χ1n) is 34.0. The Bertz CT molecular complexity index is 1710. The molecule has 2 atom stereocenters. The third-order valence-corrected chi connectivity index (χ3v) is 15.6. The number of nitrogens with zero attached hydrogens (tertiary/aromatic N) is 1. The van der Waals surface area contributed by atoms with E-state index >= 15 is 0 Å². The van der Waals surface area contributed by atoms with E-state index in [1.165, 1.54) is 180 Å². The zero-order valence-corrected chi connectivity index (χ0v) is 54.8. The van der Waals surface area contributed by atoms with Crippen molar-refractivity contribution >= 4 is 19.8 Å². The SMILES string of the molecule is CC/C=C\C/C=C\C/C=C\C/C=C\CCCCCCCCCCCCCCCCCCCCCCC(=O)OC(COC(=O)CCCCCCCCCCCCCC/C=C\C/C=C\C/C=C\C/C=C\CC)COP(=O)(O)OCC[N+](C)(C)C. The smallest absolute Gasteiger partial charge is 0.462 e. The van der Waals surface area contributed by atoms with Gasteiger partial charge in [0.25, 0.3) is 0 Å². The fourth-order valence-corrected chi connectivity index (χ4v) is 10.2. The number of hydrogen-bond acceptors (Lipinski definition) is 7. The van der Waals surface area contributed by atoms with Crippen molar-refractivity contribution in [1.82, 2.24) is 0 Å². The van der Waals surface area contributed by atoms with Gasteiger partial charge in [0.2, 0.25) is 0 Å². The molecular formula is C72H129NO8P+. The molecule has 0 aromatic heterocycles. The number of carbonyl (C=O) groups excluding carboxylic acids is 2. The molecule has 0 saturated heterocycles. The van der Waals surface area contributed by atoms with Crippen molar-refractivity contribution in [2.45, 2.75) is 302 Å². The van der Waals surface area contributed by atoms with Gasteiger partial charge in [-0.25, -0.2) is 4.57 Å². The molecule has 0 heterocycles. The van der Waals surface area contributed by atoms with Gasteiger partial charge in [0.1, 0.15) is 19.8 Å². The van der Waals surface area contributed by atoms with E-state index in [2.05, 4.69) is 111 Å². The number of quaternary nitrogens is 1. The normalized spacial score (nSPS) is 13.8. The Morgan fingerprint density at radius 1 is 0.378 bits per heavy atom. The van der Waals surface area contributed by atoms with E-state index in [1.54, 1.807) is 0 Å². The van der Waals surface area contributed by atoms with E-state index in [4.69, 9.17) is 18.5 Å². The number of allylic oxidation sites excluding steroid dienone is 16. The minimum absolute atomic E-state index is 0.0296. The number of phosphoric ester groups is 1. The lowest BCUT2D eigenvalue weighted by atomic mass is 10.0. The van der Waals surface area contributed by atoms with Crippen molar-refractivity contribution in [2.75, 3.05) is 47.5 Å². The highest BCUT2D eigenvalue weighted by Gasteiger charge is 2.27. The number of ether oxygens (including phenoxy) is 2. The molecule has 0 fully saturated rings. The van der Waals surface area contributed by atoms with Crippen LogP contribution in [0.25, 0.3) is 0 Å². The molecule has 0 saturated carbocycles. The molecule has 0 spiro atoms. The molecule has 0 aliphatic carbocycles. The van der Waals surface area contributed by atoms with Gasteiger partial charge < -0.3 is 18.9 Å². The Labute approximate surface area is 506 Å². The summed E-state index contributed by atoms with van der Waals surface area (Å²) in [5.74, 6) is -0.791. The minimum Gasteiger partial charge on any atom is -0.462 e. The third kappa shape index (κ3) is 66.1. The van der Waals surface area contributed by atoms with Crippen LogP contribution in [0, 0.1) is 0 Å². The van der Waals surface area contributed by atoms with Crippen LogP contribution in [0.1, 0.15) is 296 Å². The summed E-state index contributed by atoms with van der Waals surface area (Å²) >= 11 is 0. The summed E-state index contributed by atoms with van der Waals surface area (Å²) < 4.78 is 34.7. The molecule has 82 heavy (non-hydrogen) atoms. The van der Waals surface area contributed by atoms with Crippen LogP contribution >= 0.6 is 7.82 Å². The van der Waals surface area contributed by atoms with Gasteiger partial charge in [-0.2, -0.15) is 0 Å². The summed E-state index contributed by atoms with van der Waals surface area (Å²) in [6, 6.07) is 0. The highest BCUT2D eigenvalue weighted by molar-refractivity contribution is 7.47. The van der Waals surface area contributed by atoms with E-state index in [9.17, 15) is 19.0 Å². The molecule has 0 rings (SSSR count). The zero-order chi connectivity index (χ0) is 59.8. The van der Waals surface area contributed by atoms with Crippen molar-refractivity contribution in [3.05, 3.63) is 97.2 Å². The Morgan fingerprint density at radius 3 is 0.976 bits per heavy atom. The summed E-state index contributed by atoms with van der Waals surface area (Å²) in [5, 5.41) is 0. The predicted octanol–water partition coefficient (Wildman–Crippen LogP) is 21.9. The van der Waals surface area contributed by atoms with Crippen LogP contribution in [0.5, 0.6) is 0 Å². The van der Waals surface area contributed by atoms with Gasteiger partial charge in [0.05, 0.1) is 27.7 Å². The van der Waals surface area contributed by atoms with Crippen molar-refractivity contribution < 1.29 is 42.1 Å². The number of likely N-dealkylation sites (N-methyl/N-ethyl adjacent to an activating group) is 1. The third-order valence-electron chi connectivity index (χ3n) is 14.6. The summed E-state index contributed by atoms with van der Waals surface area (Å²) in [6.45, 7) is 4.24. The maximum Gasteiger partial charge on any atom is 0.472 e. The summed E-state index contributed by atoms with van der Waals surface area (Å²) in [7, 11) is 1.48. The second-order valence-electron chi connectivity index (χ2n) is 23.8. The molecule has 474 valence electrons. The lowest BCUT2D eigenvalue weighted by Crippen LogP contribution is -2.37. The number of rotatable bonds is 62. The number of phosphoric acid groups is 1. The maximum absolute atomic E-state index is 12.9. The number of esters is 2. The first-order chi connectivity index (χ1) is 40.0. The standard InChI is InChI=1S/C72H128NO8P/c1-6-8-10-12-14-16-18-20-22-24-26-28-30-32-33-34-35-36-37-38-39-41-43-45-47-49-51-53-55-57-59-61-63-65-72(75)81-70(69-80-82(76,77)79-67-66-73(3,4)5)68-78-71(74)64-62-60-58-56-54-52-50-48-46-44-42-40-31-29-27-25-23-21-19-17-15-13-11-9-7-2/h8-11,14-17,20-23,26-29,70H,6-7,12-13,18-19,24-25,30-69H2,1-5H3/p+1/b10-8-,11-9-,16-14-,17-15-,22-20-,23-21-,28-26-,29-27-. The quantitative estimate of drug-likeness (QED) is 0.0211. The van der Waals surface area contributed by atoms with E-state index < -0.39 is 26.5 Å². The number of carbonyl (C=O) groups is 2. The van der Waals surface area contributed by atoms with Crippen molar-refractivity contribution in [3.8, 4) is 0 Å². The number of unbranched alkanes of at least 4 members (excludes halogenated alkanes) is 32. The molecule has 0 aliphatic heterocycles. The Hall–Kier alpha value is -3.07. The van der Waals surface area contributed by atoms with Gasteiger partial charge >= 0.3 is 19.8 Å². The Morgan fingerprint density at radius 2 is 0.659 bits per heavy atom. The molecule has 0 aliphatic rings. The lowest BCUT2D eigenvalue weighted by Gasteiger charge is -2.24. The first-order valence-corrected chi connectivity index (χ1v) is 35.5. The van der Waals surface area contributed by atoms with Gasteiger partial charge in [0, 0.05) is 12.8 Å².